The van der Waals surface area contributed by atoms with Gasteiger partial charge in [-0.2, -0.15) is 0 Å². The van der Waals surface area contributed by atoms with Gasteiger partial charge in [0, 0.05) is 46.4 Å². The third-order valence-corrected chi connectivity index (χ3v) is 2.49. The van der Waals surface area contributed by atoms with Gasteiger partial charge in [-0.25, -0.2) is 0 Å². The van der Waals surface area contributed by atoms with Crippen LogP contribution in [0.15, 0.2) is 0 Å². The van der Waals surface area contributed by atoms with Crippen molar-refractivity contribution >= 4 is 5.97 Å². The summed E-state index contributed by atoms with van der Waals surface area (Å²) < 4.78 is 0. The van der Waals surface area contributed by atoms with Crippen LogP contribution in [-0.2, 0) is 4.79 Å². The molecule has 0 spiro atoms. The van der Waals surface area contributed by atoms with Crippen LogP contribution in [0.2, 0.25) is 0 Å². The predicted octanol–water partition coefficient (Wildman–Crippen LogP) is 3.99. The van der Waals surface area contributed by atoms with Gasteiger partial charge >= 0.3 is 5.97 Å². The van der Waals surface area contributed by atoms with E-state index in [2.05, 4.69) is 6.92 Å². The van der Waals surface area contributed by atoms with Crippen LogP contribution in [0, 0.1) is 39.9 Å². The topological polar surface area (TPSA) is 37.3 Å². The van der Waals surface area contributed by atoms with Gasteiger partial charge in [-0.15, -0.1) is 0 Å². The summed E-state index contributed by atoms with van der Waals surface area (Å²) >= 11 is 0. The summed E-state index contributed by atoms with van der Waals surface area (Å²) in [6.07, 6.45) is 11.5. The largest absolute Gasteiger partial charge is 0.481 e. The molecule has 0 fully saturated rings. The van der Waals surface area contributed by atoms with E-state index in [0.29, 0.717) is 6.42 Å². The first-order chi connectivity index (χ1) is 6.77. The Labute approximate surface area is 126 Å². The molecule has 0 bridgehead atoms. The Bertz CT molecular complexity index is 138. The third kappa shape index (κ3) is 17.4. The number of carboxylic acid groups (broad SMARTS) is 1. The van der Waals surface area contributed by atoms with Crippen molar-refractivity contribution in [2.75, 3.05) is 0 Å². The van der Waals surface area contributed by atoms with Gasteiger partial charge < -0.3 is 5.11 Å². The summed E-state index contributed by atoms with van der Waals surface area (Å²) in [7, 11) is 0. The monoisotopic (exact) mass is 432 g/mol. The fourth-order valence-corrected chi connectivity index (χ4v) is 1.59. The second-order valence-electron chi connectivity index (χ2n) is 3.97. The zero-order valence-electron chi connectivity index (χ0n) is 9.93. The van der Waals surface area contributed by atoms with Crippen LogP contribution in [0.5, 0.6) is 0 Å². The van der Waals surface area contributed by atoms with Crippen LogP contribution in [0.3, 0.4) is 0 Å². The zero-order valence-corrected chi connectivity index (χ0v) is 14.0. The van der Waals surface area contributed by atoms with E-state index in [1.165, 1.54) is 44.9 Å². The fourth-order valence-electron chi connectivity index (χ4n) is 1.59. The summed E-state index contributed by atoms with van der Waals surface area (Å²) in [5.74, 6) is -0.659. The number of hydrogen-bond donors (Lipinski definition) is 1. The molecule has 0 aliphatic heterocycles. The molecule has 0 aromatic carbocycles. The van der Waals surface area contributed by atoms with Gasteiger partial charge in [0.15, 0.2) is 0 Å². The van der Waals surface area contributed by atoms with Crippen molar-refractivity contribution in [3.05, 3.63) is 0 Å². The van der Waals surface area contributed by atoms with E-state index < -0.39 is 5.97 Å². The molecule has 2 nitrogen and oxygen atoms in total. The van der Waals surface area contributed by atoms with Crippen LogP contribution in [0.1, 0.15) is 71.1 Å². The van der Waals surface area contributed by atoms with Gasteiger partial charge in [0.2, 0.25) is 0 Å². The van der Waals surface area contributed by atoms with Crippen molar-refractivity contribution in [1.82, 2.24) is 0 Å². The smallest absolute Gasteiger partial charge is 0.303 e. The normalized spacial score (nSPS) is 9.67. The summed E-state index contributed by atoms with van der Waals surface area (Å²) in [6.45, 7) is 2.23. The molecule has 0 saturated carbocycles. The van der Waals surface area contributed by atoms with Crippen molar-refractivity contribution in [2.24, 2.45) is 0 Å². The Balaban J connectivity index is 0. The zero-order chi connectivity index (χ0) is 10.6. The molecule has 88 valence electrons. The Hall–Kier alpha value is 0.795. The van der Waals surface area contributed by atoms with Crippen LogP contribution in [0.25, 0.3) is 0 Å². The van der Waals surface area contributed by atoms with Crippen LogP contribution < -0.4 is 0 Å². The summed E-state index contributed by atoms with van der Waals surface area (Å²) in [5, 5.41) is 8.41. The Kier molecular flexibility index (Phi) is 17.9. The number of hydrogen-bond acceptors (Lipinski definition) is 1. The molecular weight excluding hydrogens is 408 g/mol. The quantitative estimate of drug-likeness (QED) is 0.530. The van der Waals surface area contributed by atoms with Gasteiger partial charge in [-0.3, -0.25) is 4.79 Å². The summed E-state index contributed by atoms with van der Waals surface area (Å²) in [5.41, 5.74) is 0. The van der Waals surface area contributed by atoms with E-state index in [-0.39, 0.29) is 39.9 Å². The standard InChI is InChI=1S/C12H24O2.Th/c1-2-3-4-5-6-7-8-9-10-11-12(13)14;/h2-11H2,1H3,(H,13,14);. The average Bonchev–Trinajstić information content (AvgIpc) is 2.15. The molecule has 0 radical (unpaired) electrons. The van der Waals surface area contributed by atoms with Gasteiger partial charge in [0.25, 0.3) is 0 Å². The maximum atomic E-state index is 10.2. The number of rotatable bonds is 10. The minimum atomic E-state index is -0.659. The molecule has 0 aromatic rings. The van der Waals surface area contributed by atoms with Gasteiger partial charge in [0.05, 0.1) is 0 Å². The number of aliphatic carboxylic acids is 1. The minimum absolute atomic E-state index is 0. The van der Waals surface area contributed by atoms with Crippen LogP contribution >= 0.6 is 0 Å². The maximum absolute atomic E-state index is 10.2. The second kappa shape index (κ2) is 14.8. The van der Waals surface area contributed by atoms with Gasteiger partial charge in [0.1, 0.15) is 0 Å². The molecule has 0 saturated heterocycles. The average molecular weight is 432 g/mol. The number of carboxylic acids is 1. The van der Waals surface area contributed by atoms with Crippen molar-refractivity contribution in [3.8, 4) is 0 Å². The van der Waals surface area contributed by atoms with Crippen LogP contribution in [-0.4, -0.2) is 11.1 Å². The molecule has 0 rings (SSSR count). The predicted molar refractivity (Wildman–Crippen MR) is 59.5 cm³/mol. The SMILES string of the molecule is CCCCCCCCCCCC(=O)O.[Th]. The molecule has 0 amide bonds. The third-order valence-electron chi connectivity index (χ3n) is 2.49. The maximum Gasteiger partial charge on any atom is 0.303 e. The first-order valence-electron chi connectivity index (χ1n) is 5.99. The van der Waals surface area contributed by atoms with E-state index in [9.17, 15) is 4.79 Å². The summed E-state index contributed by atoms with van der Waals surface area (Å²) in [6, 6.07) is 0. The molecule has 0 aliphatic carbocycles. The molecule has 0 aliphatic rings. The van der Waals surface area contributed by atoms with Crippen molar-refractivity contribution in [1.29, 1.82) is 0 Å². The molecule has 3 heteroatoms. The van der Waals surface area contributed by atoms with Crippen molar-refractivity contribution in [3.63, 3.8) is 0 Å². The van der Waals surface area contributed by atoms with E-state index in [0.717, 1.165) is 12.8 Å². The molecule has 0 aromatic heterocycles. The molecule has 15 heavy (non-hydrogen) atoms. The Morgan fingerprint density at radius 2 is 1.27 bits per heavy atom. The van der Waals surface area contributed by atoms with E-state index in [4.69, 9.17) is 5.11 Å². The molecule has 0 atom stereocenters. The molecular formula is C12H24O2Th. The number of unbranched alkanes of at least 4 members (excludes halogenated alkanes) is 8. The summed E-state index contributed by atoms with van der Waals surface area (Å²) in [4.78, 5) is 10.2. The van der Waals surface area contributed by atoms with Crippen molar-refractivity contribution < 1.29 is 49.8 Å². The van der Waals surface area contributed by atoms with E-state index >= 15 is 0 Å². The first kappa shape index (κ1) is 18.2. The van der Waals surface area contributed by atoms with Crippen molar-refractivity contribution in [2.45, 2.75) is 71.1 Å². The van der Waals surface area contributed by atoms with E-state index in [1.807, 2.05) is 0 Å². The first-order valence-corrected chi connectivity index (χ1v) is 5.99. The fraction of sp³-hybridized carbons (Fsp3) is 0.917. The number of carbonyl (C=O) groups is 1. The van der Waals surface area contributed by atoms with Crippen LogP contribution in [0.4, 0.5) is 0 Å². The molecule has 0 unspecified atom stereocenters. The minimum Gasteiger partial charge on any atom is -0.481 e. The molecule has 0 heterocycles. The van der Waals surface area contributed by atoms with Gasteiger partial charge in [-0.1, -0.05) is 58.3 Å². The van der Waals surface area contributed by atoms with E-state index in [1.54, 1.807) is 0 Å². The van der Waals surface area contributed by atoms with Gasteiger partial charge in [-0.05, 0) is 6.42 Å². The Morgan fingerprint density at radius 1 is 0.867 bits per heavy atom. The Morgan fingerprint density at radius 3 is 1.67 bits per heavy atom. The second-order valence-corrected chi connectivity index (χ2v) is 3.97. The molecule has 1 N–H and O–H groups in total.